The van der Waals surface area contributed by atoms with Gasteiger partial charge in [-0.1, -0.05) is 42.0 Å². The fraction of sp³-hybridized carbons (Fsp3) is 0.350. The molecule has 1 unspecified atom stereocenters. The molecule has 0 aliphatic heterocycles. The molecule has 0 radical (unpaired) electrons. The van der Waals surface area contributed by atoms with Crippen LogP contribution in [0, 0.1) is 6.92 Å². The fourth-order valence-corrected chi connectivity index (χ4v) is 2.96. The standard InChI is InChI=1S/C20H25N3O.HI/c1-15-7-9-18(10-8-15)24-12-11-22-20(21-2)23-14-17-13-16-5-3-4-6-19(16)17;/h3-10,17H,11-14H2,1-2H3,(H2,21,22,23);1H. The summed E-state index contributed by atoms with van der Waals surface area (Å²) in [6.07, 6.45) is 1.15. The molecule has 0 aromatic heterocycles. The average molecular weight is 451 g/mol. The smallest absolute Gasteiger partial charge is 0.191 e. The average Bonchev–Trinajstić information content (AvgIpc) is 2.59. The number of halogens is 1. The Hall–Kier alpha value is -1.76. The van der Waals surface area contributed by atoms with Gasteiger partial charge < -0.3 is 15.4 Å². The van der Waals surface area contributed by atoms with E-state index in [1.165, 1.54) is 16.7 Å². The first-order valence-corrected chi connectivity index (χ1v) is 8.48. The predicted octanol–water partition coefficient (Wildman–Crippen LogP) is 3.50. The Labute approximate surface area is 167 Å². The summed E-state index contributed by atoms with van der Waals surface area (Å²) in [6, 6.07) is 16.8. The molecule has 0 bridgehead atoms. The van der Waals surface area contributed by atoms with Gasteiger partial charge in [0.15, 0.2) is 5.96 Å². The van der Waals surface area contributed by atoms with E-state index in [0.717, 1.165) is 31.2 Å². The van der Waals surface area contributed by atoms with Gasteiger partial charge in [-0.3, -0.25) is 4.99 Å². The summed E-state index contributed by atoms with van der Waals surface area (Å²) in [7, 11) is 1.80. The van der Waals surface area contributed by atoms with Crippen LogP contribution >= 0.6 is 24.0 Å². The van der Waals surface area contributed by atoms with E-state index >= 15 is 0 Å². The van der Waals surface area contributed by atoms with E-state index in [1.54, 1.807) is 7.05 Å². The molecular formula is C20H26IN3O. The maximum atomic E-state index is 5.72. The van der Waals surface area contributed by atoms with E-state index in [-0.39, 0.29) is 24.0 Å². The van der Waals surface area contributed by atoms with Gasteiger partial charge >= 0.3 is 0 Å². The van der Waals surface area contributed by atoms with Crippen LogP contribution in [-0.2, 0) is 6.42 Å². The quantitative estimate of drug-likeness (QED) is 0.306. The van der Waals surface area contributed by atoms with Gasteiger partial charge in [0, 0.05) is 19.5 Å². The second-order valence-corrected chi connectivity index (χ2v) is 6.14. The number of aryl methyl sites for hydroxylation is 1. The fourth-order valence-electron chi connectivity index (χ4n) is 2.96. The molecule has 2 aromatic carbocycles. The highest BCUT2D eigenvalue weighted by Crippen LogP contribution is 2.33. The number of nitrogens with zero attached hydrogens (tertiary/aromatic N) is 1. The van der Waals surface area contributed by atoms with Crippen molar-refractivity contribution < 1.29 is 4.74 Å². The van der Waals surface area contributed by atoms with Crippen LogP contribution in [0.3, 0.4) is 0 Å². The topological polar surface area (TPSA) is 45.7 Å². The van der Waals surface area contributed by atoms with Crippen LogP contribution in [0.4, 0.5) is 0 Å². The lowest BCUT2D eigenvalue weighted by Gasteiger charge is -2.30. The molecule has 5 heteroatoms. The molecule has 0 spiro atoms. The summed E-state index contributed by atoms with van der Waals surface area (Å²) in [6.45, 7) is 4.31. The van der Waals surface area contributed by atoms with Crippen molar-refractivity contribution in [1.82, 2.24) is 10.6 Å². The third kappa shape index (κ3) is 5.36. The Morgan fingerprint density at radius 1 is 1.12 bits per heavy atom. The first-order valence-electron chi connectivity index (χ1n) is 8.48. The first kappa shape index (κ1) is 19.6. The lowest BCUT2D eigenvalue weighted by Crippen LogP contribution is -2.42. The predicted molar refractivity (Wildman–Crippen MR) is 114 cm³/mol. The summed E-state index contributed by atoms with van der Waals surface area (Å²) < 4.78 is 5.72. The third-order valence-corrected chi connectivity index (χ3v) is 4.38. The molecule has 0 amide bonds. The second-order valence-electron chi connectivity index (χ2n) is 6.14. The Kier molecular flexibility index (Phi) is 7.55. The number of guanidine groups is 1. The maximum absolute atomic E-state index is 5.72. The number of ether oxygens (including phenoxy) is 1. The Balaban J connectivity index is 0.00000225. The van der Waals surface area contributed by atoms with E-state index < -0.39 is 0 Å². The minimum Gasteiger partial charge on any atom is -0.492 e. The van der Waals surface area contributed by atoms with Crippen LogP contribution in [0.1, 0.15) is 22.6 Å². The van der Waals surface area contributed by atoms with Crippen molar-refractivity contribution in [3.63, 3.8) is 0 Å². The number of rotatable bonds is 6. The molecule has 134 valence electrons. The second kappa shape index (κ2) is 9.65. The zero-order valence-electron chi connectivity index (χ0n) is 14.8. The van der Waals surface area contributed by atoms with Crippen molar-refractivity contribution in [2.24, 2.45) is 4.99 Å². The van der Waals surface area contributed by atoms with Crippen molar-refractivity contribution in [3.05, 3.63) is 65.2 Å². The molecule has 0 saturated carbocycles. The van der Waals surface area contributed by atoms with Crippen molar-refractivity contribution in [2.75, 3.05) is 26.7 Å². The van der Waals surface area contributed by atoms with Crippen LogP contribution in [0.25, 0.3) is 0 Å². The van der Waals surface area contributed by atoms with Crippen molar-refractivity contribution in [2.45, 2.75) is 19.3 Å². The largest absolute Gasteiger partial charge is 0.492 e. The first-order chi connectivity index (χ1) is 11.8. The van der Waals surface area contributed by atoms with E-state index in [9.17, 15) is 0 Å². The SMILES string of the molecule is CN=C(NCCOc1ccc(C)cc1)NCC1Cc2ccccc21.I. The third-order valence-electron chi connectivity index (χ3n) is 4.38. The summed E-state index contributed by atoms with van der Waals surface area (Å²) in [5.41, 5.74) is 4.17. The lowest BCUT2D eigenvalue weighted by atomic mass is 9.78. The molecule has 1 aliphatic rings. The molecule has 4 nitrogen and oxygen atoms in total. The van der Waals surface area contributed by atoms with Crippen LogP contribution < -0.4 is 15.4 Å². The lowest BCUT2D eigenvalue weighted by molar-refractivity contribution is 0.322. The van der Waals surface area contributed by atoms with E-state index in [1.807, 2.05) is 12.1 Å². The number of aliphatic imine (C=N–C) groups is 1. The number of hydrogen-bond donors (Lipinski definition) is 2. The van der Waals surface area contributed by atoms with Gasteiger partial charge in [0.2, 0.25) is 0 Å². The number of fused-ring (bicyclic) bond motifs is 1. The van der Waals surface area contributed by atoms with Crippen LogP contribution in [0.2, 0.25) is 0 Å². The van der Waals surface area contributed by atoms with Gasteiger partial charge in [0.25, 0.3) is 0 Å². The van der Waals surface area contributed by atoms with Gasteiger partial charge in [0.05, 0.1) is 6.54 Å². The highest BCUT2D eigenvalue weighted by atomic mass is 127. The zero-order valence-corrected chi connectivity index (χ0v) is 17.1. The normalized spacial score (nSPS) is 15.4. The molecule has 2 aromatic rings. The monoisotopic (exact) mass is 451 g/mol. The van der Waals surface area contributed by atoms with Gasteiger partial charge in [-0.25, -0.2) is 0 Å². The van der Waals surface area contributed by atoms with Crippen molar-refractivity contribution in [1.29, 1.82) is 0 Å². The van der Waals surface area contributed by atoms with Gasteiger partial charge in [-0.15, -0.1) is 24.0 Å². The Morgan fingerprint density at radius 3 is 2.60 bits per heavy atom. The summed E-state index contributed by atoms with van der Waals surface area (Å²) >= 11 is 0. The molecular weight excluding hydrogens is 425 g/mol. The molecule has 3 rings (SSSR count). The summed E-state index contributed by atoms with van der Waals surface area (Å²) in [5.74, 6) is 2.31. The summed E-state index contributed by atoms with van der Waals surface area (Å²) in [5, 5.41) is 6.69. The molecule has 25 heavy (non-hydrogen) atoms. The number of hydrogen-bond acceptors (Lipinski definition) is 2. The summed E-state index contributed by atoms with van der Waals surface area (Å²) in [4.78, 5) is 4.27. The van der Waals surface area contributed by atoms with E-state index in [4.69, 9.17) is 4.74 Å². The Bertz CT molecular complexity index is 700. The number of nitrogens with one attached hydrogen (secondary N) is 2. The molecule has 1 aliphatic carbocycles. The Morgan fingerprint density at radius 2 is 1.88 bits per heavy atom. The van der Waals surface area contributed by atoms with Crippen LogP contribution in [0.5, 0.6) is 5.75 Å². The van der Waals surface area contributed by atoms with Gasteiger partial charge in [-0.2, -0.15) is 0 Å². The minimum atomic E-state index is 0. The highest BCUT2D eigenvalue weighted by molar-refractivity contribution is 14.0. The van der Waals surface area contributed by atoms with Crippen molar-refractivity contribution >= 4 is 29.9 Å². The molecule has 0 fully saturated rings. The number of benzene rings is 2. The highest BCUT2D eigenvalue weighted by Gasteiger charge is 2.25. The van der Waals surface area contributed by atoms with Gasteiger partial charge in [0.1, 0.15) is 12.4 Å². The van der Waals surface area contributed by atoms with Crippen LogP contribution in [0.15, 0.2) is 53.5 Å². The van der Waals surface area contributed by atoms with Crippen LogP contribution in [-0.4, -0.2) is 32.7 Å². The molecule has 1 atom stereocenters. The zero-order chi connectivity index (χ0) is 16.8. The van der Waals surface area contributed by atoms with Crippen molar-refractivity contribution in [3.8, 4) is 5.75 Å². The maximum Gasteiger partial charge on any atom is 0.191 e. The molecule has 0 heterocycles. The van der Waals surface area contributed by atoms with Gasteiger partial charge in [-0.05, 0) is 36.6 Å². The van der Waals surface area contributed by atoms with E-state index in [0.29, 0.717) is 12.5 Å². The van der Waals surface area contributed by atoms with E-state index in [2.05, 4.69) is 58.9 Å². The molecule has 2 N–H and O–H groups in total. The minimum absolute atomic E-state index is 0. The molecule has 0 saturated heterocycles.